The number of rotatable bonds is 4. The molecule has 1 aromatic rings. The predicted octanol–water partition coefficient (Wildman–Crippen LogP) is 4.02. The molecule has 1 aliphatic carbocycles. The highest BCUT2D eigenvalue weighted by Gasteiger charge is 2.16. The van der Waals surface area contributed by atoms with Gasteiger partial charge in [-0.2, -0.15) is 0 Å². The van der Waals surface area contributed by atoms with Crippen LogP contribution in [0.5, 0.6) is 0 Å². The Morgan fingerprint density at radius 1 is 1.14 bits per heavy atom. The van der Waals surface area contributed by atoms with E-state index in [1.807, 2.05) is 13.8 Å². The highest BCUT2D eigenvalue weighted by Crippen LogP contribution is 2.26. The molecule has 0 spiro atoms. The van der Waals surface area contributed by atoms with Crippen molar-refractivity contribution in [2.24, 2.45) is 5.92 Å². The summed E-state index contributed by atoms with van der Waals surface area (Å²) in [6.45, 7) is 7.59. The molecule has 2 aliphatic rings. The fourth-order valence-electron chi connectivity index (χ4n) is 3.22. The molecule has 0 unspecified atom stereocenters. The Bertz CT molecular complexity index is 396. The summed E-state index contributed by atoms with van der Waals surface area (Å²) in [6.07, 6.45) is 8.21. The minimum Gasteiger partial charge on any atom is -0.365 e. The average Bonchev–Trinajstić information content (AvgIpc) is 3.04. The molecule has 0 bridgehead atoms. The number of hydrogen-bond acceptors (Lipinski definition) is 3. The molecular weight excluding hydrogens is 260 g/mol. The van der Waals surface area contributed by atoms with Crippen LogP contribution < -0.4 is 0 Å². The first kappa shape index (κ1) is 16.4. The van der Waals surface area contributed by atoms with Gasteiger partial charge in [-0.05, 0) is 24.5 Å². The van der Waals surface area contributed by atoms with Crippen LogP contribution in [0.15, 0.2) is 18.2 Å². The van der Waals surface area contributed by atoms with Crippen LogP contribution in [-0.4, -0.2) is 29.8 Å². The molecule has 2 heterocycles. The second-order valence-electron chi connectivity index (χ2n) is 5.92. The van der Waals surface area contributed by atoms with Crippen LogP contribution in [0.25, 0.3) is 0 Å². The van der Waals surface area contributed by atoms with E-state index in [2.05, 4.69) is 23.1 Å². The van der Waals surface area contributed by atoms with Crippen LogP contribution in [0.4, 0.5) is 0 Å². The minimum atomic E-state index is 0.758. The van der Waals surface area contributed by atoms with Gasteiger partial charge in [0.25, 0.3) is 0 Å². The zero-order chi connectivity index (χ0) is 14.9. The summed E-state index contributed by atoms with van der Waals surface area (Å²) >= 11 is 0. The summed E-state index contributed by atoms with van der Waals surface area (Å²) in [5.41, 5.74) is 2.48. The Labute approximate surface area is 129 Å². The van der Waals surface area contributed by atoms with Crippen molar-refractivity contribution >= 4 is 0 Å². The lowest BCUT2D eigenvalue weighted by atomic mass is 9.86. The maximum Gasteiger partial charge on any atom is 0.0995 e. The summed E-state index contributed by atoms with van der Waals surface area (Å²) in [5, 5.41) is 0. The zero-order valence-corrected chi connectivity index (χ0v) is 13.7. The molecule has 0 N–H and O–H groups in total. The van der Waals surface area contributed by atoms with Gasteiger partial charge < -0.3 is 4.74 Å². The maximum atomic E-state index is 5.38. The van der Waals surface area contributed by atoms with Crippen molar-refractivity contribution in [2.75, 3.05) is 19.9 Å². The molecule has 1 aliphatic heterocycles. The largest absolute Gasteiger partial charge is 0.365 e. The second-order valence-corrected chi connectivity index (χ2v) is 5.92. The fourth-order valence-corrected chi connectivity index (χ4v) is 3.22. The number of ether oxygens (including phenoxy) is 1. The Morgan fingerprint density at radius 2 is 1.90 bits per heavy atom. The monoisotopic (exact) mass is 290 g/mol. The lowest BCUT2D eigenvalue weighted by molar-refractivity contribution is 0.136. The smallest absolute Gasteiger partial charge is 0.0995 e. The lowest BCUT2D eigenvalue weighted by Crippen LogP contribution is -2.20. The van der Waals surface area contributed by atoms with Gasteiger partial charge in [0, 0.05) is 18.8 Å². The fraction of sp³-hybridized carbons (Fsp3) is 0.722. The summed E-state index contributed by atoms with van der Waals surface area (Å²) in [4.78, 5) is 7.15. The van der Waals surface area contributed by atoms with Gasteiger partial charge in [0.2, 0.25) is 0 Å². The summed E-state index contributed by atoms with van der Waals surface area (Å²) in [6, 6.07) is 6.50. The quantitative estimate of drug-likeness (QED) is 0.837. The Kier molecular flexibility index (Phi) is 7.17. The molecule has 118 valence electrons. The Hall–Kier alpha value is -0.930. The van der Waals surface area contributed by atoms with E-state index >= 15 is 0 Å². The lowest BCUT2D eigenvalue weighted by Gasteiger charge is -2.21. The van der Waals surface area contributed by atoms with E-state index in [1.54, 1.807) is 0 Å². The van der Waals surface area contributed by atoms with Crippen molar-refractivity contribution in [3.05, 3.63) is 29.6 Å². The third-order valence-electron chi connectivity index (χ3n) is 4.30. The Morgan fingerprint density at radius 3 is 2.62 bits per heavy atom. The van der Waals surface area contributed by atoms with E-state index in [0.29, 0.717) is 0 Å². The first-order valence-corrected chi connectivity index (χ1v) is 8.65. The molecule has 0 amide bonds. The molecule has 1 saturated heterocycles. The van der Waals surface area contributed by atoms with Gasteiger partial charge in [-0.1, -0.05) is 52.0 Å². The van der Waals surface area contributed by atoms with Gasteiger partial charge >= 0.3 is 0 Å². The van der Waals surface area contributed by atoms with E-state index in [0.717, 1.165) is 32.3 Å². The number of hydrogen-bond donors (Lipinski definition) is 0. The highest BCUT2D eigenvalue weighted by atomic mass is 16.5. The molecular formula is C18H30N2O. The van der Waals surface area contributed by atoms with E-state index < -0.39 is 0 Å². The van der Waals surface area contributed by atoms with Crippen LogP contribution in [0, 0.1) is 5.92 Å². The molecule has 1 saturated carbocycles. The third-order valence-corrected chi connectivity index (χ3v) is 4.30. The van der Waals surface area contributed by atoms with Crippen molar-refractivity contribution < 1.29 is 4.74 Å². The first-order valence-electron chi connectivity index (χ1n) is 8.65. The van der Waals surface area contributed by atoms with Gasteiger partial charge in [-0.15, -0.1) is 0 Å². The van der Waals surface area contributed by atoms with Crippen LogP contribution >= 0.6 is 0 Å². The zero-order valence-electron chi connectivity index (χ0n) is 13.7. The van der Waals surface area contributed by atoms with Crippen molar-refractivity contribution in [1.82, 2.24) is 9.88 Å². The SMILES string of the molecule is CC.c1cc(CC2CCCCC2)nc(CN2CCOC2)c1. The van der Waals surface area contributed by atoms with Gasteiger partial charge in [0.05, 0.1) is 19.0 Å². The Balaban J connectivity index is 0.000000774. The second kappa shape index (κ2) is 9.16. The first-order chi connectivity index (χ1) is 10.4. The summed E-state index contributed by atoms with van der Waals surface area (Å²) in [7, 11) is 0. The molecule has 2 fully saturated rings. The summed E-state index contributed by atoms with van der Waals surface area (Å²) < 4.78 is 5.38. The van der Waals surface area contributed by atoms with Crippen molar-refractivity contribution in [1.29, 1.82) is 0 Å². The van der Waals surface area contributed by atoms with Crippen molar-refractivity contribution in [2.45, 2.75) is 58.9 Å². The van der Waals surface area contributed by atoms with Gasteiger partial charge in [0.1, 0.15) is 0 Å². The van der Waals surface area contributed by atoms with Crippen LogP contribution in [-0.2, 0) is 17.7 Å². The highest BCUT2D eigenvalue weighted by molar-refractivity contribution is 5.12. The van der Waals surface area contributed by atoms with E-state index in [9.17, 15) is 0 Å². The topological polar surface area (TPSA) is 25.4 Å². The van der Waals surface area contributed by atoms with Crippen LogP contribution in [0.2, 0.25) is 0 Å². The molecule has 3 heteroatoms. The number of nitrogens with zero attached hydrogens (tertiary/aromatic N) is 2. The van der Waals surface area contributed by atoms with Gasteiger partial charge in [-0.3, -0.25) is 9.88 Å². The molecule has 3 rings (SSSR count). The normalized spacial score (nSPS) is 20.1. The molecule has 0 aromatic carbocycles. The molecule has 0 atom stereocenters. The molecule has 1 aromatic heterocycles. The number of aromatic nitrogens is 1. The van der Waals surface area contributed by atoms with Gasteiger partial charge in [0.15, 0.2) is 0 Å². The molecule has 0 radical (unpaired) electrons. The molecule has 3 nitrogen and oxygen atoms in total. The average molecular weight is 290 g/mol. The van der Waals surface area contributed by atoms with Crippen molar-refractivity contribution in [3.8, 4) is 0 Å². The van der Waals surface area contributed by atoms with Crippen LogP contribution in [0.1, 0.15) is 57.3 Å². The van der Waals surface area contributed by atoms with Crippen LogP contribution in [0.3, 0.4) is 0 Å². The minimum absolute atomic E-state index is 0.758. The van der Waals surface area contributed by atoms with E-state index in [4.69, 9.17) is 9.72 Å². The molecule has 21 heavy (non-hydrogen) atoms. The summed E-state index contributed by atoms with van der Waals surface area (Å²) in [5.74, 6) is 0.867. The predicted molar refractivity (Wildman–Crippen MR) is 87.1 cm³/mol. The standard InChI is InChI=1S/C16H24N2O.C2H6/c1-2-5-14(6-3-1)11-15-7-4-8-16(17-15)12-18-9-10-19-13-18;1-2/h4,7-8,14H,1-3,5-6,9-13H2;1-2H3. The van der Waals surface area contributed by atoms with E-state index in [-0.39, 0.29) is 0 Å². The van der Waals surface area contributed by atoms with Crippen molar-refractivity contribution in [3.63, 3.8) is 0 Å². The third kappa shape index (κ3) is 5.40. The number of pyridine rings is 1. The maximum absolute atomic E-state index is 5.38. The van der Waals surface area contributed by atoms with Gasteiger partial charge in [-0.25, -0.2) is 0 Å². The van der Waals surface area contributed by atoms with E-state index in [1.165, 1.54) is 49.9 Å².